The lowest BCUT2D eigenvalue weighted by Gasteiger charge is -2.10. The van der Waals surface area contributed by atoms with Gasteiger partial charge in [0.1, 0.15) is 5.82 Å². The predicted octanol–water partition coefficient (Wildman–Crippen LogP) is 4.49. The summed E-state index contributed by atoms with van der Waals surface area (Å²) >= 11 is 12.3. The second-order valence-electron chi connectivity index (χ2n) is 4.74. The maximum atomic E-state index is 6.22. The van der Waals surface area contributed by atoms with Crippen molar-refractivity contribution in [1.82, 2.24) is 9.55 Å². The molecule has 2 aromatic carbocycles. The van der Waals surface area contributed by atoms with Crippen molar-refractivity contribution in [1.29, 1.82) is 0 Å². The minimum absolute atomic E-state index is 0.610. The van der Waals surface area contributed by atoms with Gasteiger partial charge in [0.05, 0.1) is 6.54 Å². The number of hydrogen-bond acceptors (Lipinski definition) is 2. The normalized spacial score (nSPS) is 10.8. The van der Waals surface area contributed by atoms with Gasteiger partial charge >= 0.3 is 0 Å². The van der Waals surface area contributed by atoms with Gasteiger partial charge in [0.2, 0.25) is 0 Å². The molecule has 0 aliphatic heterocycles. The molecule has 5 heteroatoms. The van der Waals surface area contributed by atoms with E-state index in [1.165, 1.54) is 0 Å². The molecule has 0 saturated heterocycles. The highest BCUT2D eigenvalue weighted by molar-refractivity contribution is 6.33. The molecule has 1 heterocycles. The third kappa shape index (κ3) is 3.04. The van der Waals surface area contributed by atoms with Crippen LogP contribution in [-0.2, 0) is 6.54 Å². The van der Waals surface area contributed by atoms with Crippen LogP contribution in [0.1, 0.15) is 5.56 Å². The average Bonchev–Trinajstić information content (AvgIpc) is 2.92. The zero-order valence-corrected chi connectivity index (χ0v) is 12.6. The van der Waals surface area contributed by atoms with Gasteiger partial charge in [0, 0.05) is 33.7 Å². The highest BCUT2D eigenvalue weighted by Gasteiger charge is 2.08. The van der Waals surface area contributed by atoms with Crippen LogP contribution < -0.4 is 5.73 Å². The third-order valence-corrected chi connectivity index (χ3v) is 3.84. The minimum atomic E-state index is 0.610. The second-order valence-corrected chi connectivity index (χ2v) is 5.58. The summed E-state index contributed by atoms with van der Waals surface area (Å²) < 4.78 is 2.03. The number of halogens is 2. The summed E-state index contributed by atoms with van der Waals surface area (Å²) in [5.41, 5.74) is 8.41. The molecule has 1 aromatic heterocycles. The first-order valence-electron chi connectivity index (χ1n) is 6.44. The van der Waals surface area contributed by atoms with Crippen LogP contribution in [0.2, 0.25) is 10.0 Å². The number of aromatic nitrogens is 2. The highest BCUT2D eigenvalue weighted by atomic mass is 35.5. The third-order valence-electron chi connectivity index (χ3n) is 3.23. The summed E-state index contributed by atoms with van der Waals surface area (Å²) in [7, 11) is 0. The van der Waals surface area contributed by atoms with Gasteiger partial charge in [-0.2, -0.15) is 0 Å². The number of anilines is 1. The summed E-state index contributed by atoms with van der Waals surface area (Å²) in [5.74, 6) is 0.867. The van der Waals surface area contributed by atoms with E-state index < -0.39 is 0 Å². The van der Waals surface area contributed by atoms with Gasteiger partial charge in [0.15, 0.2) is 0 Å². The maximum Gasteiger partial charge on any atom is 0.140 e. The summed E-state index contributed by atoms with van der Waals surface area (Å²) in [4.78, 5) is 4.41. The largest absolute Gasteiger partial charge is 0.399 e. The van der Waals surface area contributed by atoms with Gasteiger partial charge in [0.25, 0.3) is 0 Å². The van der Waals surface area contributed by atoms with Gasteiger partial charge in [-0.05, 0) is 48.0 Å². The van der Waals surface area contributed by atoms with E-state index in [4.69, 9.17) is 28.9 Å². The summed E-state index contributed by atoms with van der Waals surface area (Å²) in [5, 5.41) is 1.36. The molecule has 0 spiro atoms. The van der Waals surface area contributed by atoms with E-state index in [-0.39, 0.29) is 0 Å². The fourth-order valence-electron chi connectivity index (χ4n) is 2.18. The second kappa shape index (κ2) is 5.80. The Balaban J connectivity index is 1.96. The lowest BCUT2D eigenvalue weighted by Crippen LogP contribution is -2.02. The first-order valence-corrected chi connectivity index (χ1v) is 7.20. The number of hydrogen-bond donors (Lipinski definition) is 1. The van der Waals surface area contributed by atoms with Crippen LogP contribution in [0.3, 0.4) is 0 Å². The Bertz CT molecular complexity index is 763. The molecule has 0 amide bonds. The SMILES string of the molecule is Nc1ccc(-c2nccn2Cc2cc(Cl)ccc2Cl)cc1. The Hall–Kier alpha value is -1.97. The molecule has 0 radical (unpaired) electrons. The van der Waals surface area contributed by atoms with Crippen molar-refractivity contribution < 1.29 is 0 Å². The van der Waals surface area contributed by atoms with E-state index >= 15 is 0 Å². The molecule has 0 bridgehead atoms. The van der Waals surface area contributed by atoms with Gasteiger partial charge in [-0.15, -0.1) is 0 Å². The van der Waals surface area contributed by atoms with E-state index in [1.807, 2.05) is 41.1 Å². The fourth-order valence-corrected chi connectivity index (χ4v) is 2.55. The lowest BCUT2D eigenvalue weighted by atomic mass is 10.2. The lowest BCUT2D eigenvalue weighted by molar-refractivity contribution is 0.807. The van der Waals surface area contributed by atoms with Crippen LogP contribution in [0.25, 0.3) is 11.4 Å². The zero-order chi connectivity index (χ0) is 14.8. The average molecular weight is 318 g/mol. The Morgan fingerprint density at radius 3 is 2.57 bits per heavy atom. The van der Waals surface area contributed by atoms with E-state index in [0.29, 0.717) is 16.6 Å². The van der Waals surface area contributed by atoms with Crippen molar-refractivity contribution in [2.24, 2.45) is 0 Å². The molecule has 0 atom stereocenters. The van der Waals surface area contributed by atoms with E-state index in [2.05, 4.69) is 4.98 Å². The number of imidazole rings is 1. The van der Waals surface area contributed by atoms with Gasteiger partial charge in [-0.1, -0.05) is 23.2 Å². The molecular weight excluding hydrogens is 305 g/mol. The zero-order valence-electron chi connectivity index (χ0n) is 11.1. The Morgan fingerprint density at radius 2 is 1.81 bits per heavy atom. The van der Waals surface area contributed by atoms with Gasteiger partial charge in [-0.25, -0.2) is 4.98 Å². The quantitative estimate of drug-likeness (QED) is 0.723. The van der Waals surface area contributed by atoms with Crippen LogP contribution in [0.15, 0.2) is 54.9 Å². The summed E-state index contributed by atoms with van der Waals surface area (Å²) in [6, 6.07) is 13.1. The fraction of sp³-hybridized carbons (Fsp3) is 0.0625. The van der Waals surface area contributed by atoms with Crippen molar-refractivity contribution >= 4 is 28.9 Å². The van der Waals surface area contributed by atoms with Crippen molar-refractivity contribution in [3.8, 4) is 11.4 Å². The van der Waals surface area contributed by atoms with E-state index in [0.717, 1.165) is 22.6 Å². The van der Waals surface area contributed by atoms with E-state index in [1.54, 1.807) is 18.3 Å². The standard InChI is InChI=1S/C16H13Cl2N3/c17-13-3-6-15(18)12(9-13)10-21-8-7-20-16(21)11-1-4-14(19)5-2-11/h1-9H,10,19H2. The molecule has 0 unspecified atom stereocenters. The van der Waals surface area contributed by atoms with Crippen molar-refractivity contribution in [2.75, 3.05) is 5.73 Å². The topological polar surface area (TPSA) is 43.8 Å². The van der Waals surface area contributed by atoms with Crippen molar-refractivity contribution in [2.45, 2.75) is 6.54 Å². The molecule has 106 valence electrons. The Morgan fingerprint density at radius 1 is 1.05 bits per heavy atom. The van der Waals surface area contributed by atoms with Crippen LogP contribution in [-0.4, -0.2) is 9.55 Å². The first kappa shape index (κ1) is 14.0. The number of benzene rings is 2. The maximum absolute atomic E-state index is 6.22. The molecule has 2 N–H and O–H groups in total. The van der Waals surface area contributed by atoms with E-state index in [9.17, 15) is 0 Å². The van der Waals surface area contributed by atoms with Gasteiger partial charge in [-0.3, -0.25) is 0 Å². The number of nitrogens with two attached hydrogens (primary N) is 1. The van der Waals surface area contributed by atoms with Crippen molar-refractivity contribution in [3.05, 3.63) is 70.5 Å². The molecule has 3 rings (SSSR count). The predicted molar refractivity (Wildman–Crippen MR) is 87.6 cm³/mol. The minimum Gasteiger partial charge on any atom is -0.399 e. The van der Waals surface area contributed by atoms with Crippen LogP contribution >= 0.6 is 23.2 Å². The molecule has 21 heavy (non-hydrogen) atoms. The molecule has 3 aromatic rings. The van der Waals surface area contributed by atoms with Gasteiger partial charge < -0.3 is 10.3 Å². The molecular formula is C16H13Cl2N3. The molecule has 0 saturated carbocycles. The molecule has 0 aliphatic carbocycles. The number of nitrogen functional groups attached to an aromatic ring is 1. The molecule has 3 nitrogen and oxygen atoms in total. The Kier molecular flexibility index (Phi) is 3.86. The van der Waals surface area contributed by atoms with Crippen LogP contribution in [0.4, 0.5) is 5.69 Å². The first-order chi connectivity index (χ1) is 10.1. The molecule has 0 aliphatic rings. The summed E-state index contributed by atoms with van der Waals surface area (Å²) in [6.07, 6.45) is 3.69. The highest BCUT2D eigenvalue weighted by Crippen LogP contribution is 2.24. The molecule has 0 fully saturated rings. The monoisotopic (exact) mass is 317 g/mol. The van der Waals surface area contributed by atoms with Crippen molar-refractivity contribution in [3.63, 3.8) is 0 Å². The number of rotatable bonds is 3. The number of nitrogens with zero attached hydrogens (tertiary/aromatic N) is 2. The summed E-state index contributed by atoms with van der Waals surface area (Å²) in [6.45, 7) is 0.610. The smallest absolute Gasteiger partial charge is 0.140 e. The Labute approximate surface area is 132 Å². The van der Waals surface area contributed by atoms with Crippen LogP contribution in [0, 0.1) is 0 Å². The van der Waals surface area contributed by atoms with Crippen LogP contribution in [0.5, 0.6) is 0 Å².